The van der Waals surface area contributed by atoms with E-state index in [2.05, 4.69) is 10.1 Å². The Morgan fingerprint density at radius 3 is 2.36 bits per heavy atom. The van der Waals surface area contributed by atoms with Crippen molar-refractivity contribution in [1.82, 2.24) is 5.32 Å². The largest absolute Gasteiger partial charge is 0.573 e. The first-order valence-corrected chi connectivity index (χ1v) is 11.7. The molecule has 0 aromatic heterocycles. The number of ether oxygens (including phenoxy) is 2. The second-order valence-corrected chi connectivity index (χ2v) is 8.98. The lowest BCUT2D eigenvalue weighted by Gasteiger charge is -2.22. The van der Waals surface area contributed by atoms with Gasteiger partial charge in [-0.25, -0.2) is 4.79 Å². The fourth-order valence-electron chi connectivity index (χ4n) is 4.57. The number of carbonyl (C=O) groups is 2. The van der Waals surface area contributed by atoms with E-state index in [1.165, 1.54) is 24.3 Å². The molecule has 36 heavy (non-hydrogen) atoms. The van der Waals surface area contributed by atoms with Crippen LogP contribution in [-0.2, 0) is 11.4 Å². The molecule has 0 spiro atoms. The van der Waals surface area contributed by atoms with Crippen molar-refractivity contribution >= 4 is 22.6 Å². The van der Waals surface area contributed by atoms with Crippen LogP contribution in [0.4, 0.5) is 13.2 Å². The second-order valence-electron chi connectivity index (χ2n) is 8.98. The van der Waals surface area contributed by atoms with Crippen molar-refractivity contribution in [3.63, 3.8) is 0 Å². The van der Waals surface area contributed by atoms with Gasteiger partial charge < -0.3 is 19.9 Å². The summed E-state index contributed by atoms with van der Waals surface area (Å²) in [5, 5.41) is 13.9. The molecule has 0 aliphatic heterocycles. The van der Waals surface area contributed by atoms with Crippen LogP contribution in [-0.4, -0.2) is 29.4 Å². The summed E-state index contributed by atoms with van der Waals surface area (Å²) in [5.74, 6) is -1.83. The van der Waals surface area contributed by atoms with Crippen LogP contribution < -0.4 is 14.8 Å². The molecule has 190 valence electrons. The minimum atomic E-state index is -4.78. The molecule has 3 aromatic rings. The number of rotatable bonds is 8. The normalized spacial score (nSPS) is 15.0. The Hall–Kier alpha value is -3.75. The van der Waals surface area contributed by atoms with Crippen LogP contribution in [0.25, 0.3) is 10.8 Å². The molecule has 0 saturated heterocycles. The minimum Gasteiger partial charge on any atom is -0.487 e. The number of nitrogens with one attached hydrogen (secondary N) is 1. The van der Waals surface area contributed by atoms with E-state index in [0.29, 0.717) is 10.9 Å². The second kappa shape index (κ2) is 10.5. The van der Waals surface area contributed by atoms with Gasteiger partial charge in [0.2, 0.25) is 0 Å². The third kappa shape index (κ3) is 6.08. The zero-order valence-corrected chi connectivity index (χ0v) is 19.6. The Balaban J connectivity index is 1.61. The Kier molecular flexibility index (Phi) is 7.37. The van der Waals surface area contributed by atoms with Crippen LogP contribution in [0.2, 0.25) is 0 Å². The number of hydrogen-bond acceptors (Lipinski definition) is 4. The molecule has 0 bridgehead atoms. The van der Waals surface area contributed by atoms with Gasteiger partial charge in [0, 0.05) is 5.39 Å². The van der Waals surface area contributed by atoms with Crippen molar-refractivity contribution in [2.75, 3.05) is 0 Å². The van der Waals surface area contributed by atoms with E-state index in [1.807, 2.05) is 25.1 Å². The van der Waals surface area contributed by atoms with Crippen LogP contribution in [0.1, 0.15) is 47.2 Å². The highest BCUT2D eigenvalue weighted by Crippen LogP contribution is 2.33. The number of hydrogen-bond donors (Lipinski definition) is 2. The molecule has 2 N–H and O–H groups in total. The SMILES string of the molecule is Cc1ccc2ccc(C(=O)N[C@H](C(=O)O)C3CCCC3)c(OCc3ccc(OC(F)(F)F)cc3)c2c1. The predicted molar refractivity (Wildman–Crippen MR) is 127 cm³/mol. The fourth-order valence-corrected chi connectivity index (χ4v) is 4.57. The van der Waals surface area contributed by atoms with Crippen molar-refractivity contribution in [3.05, 3.63) is 71.3 Å². The lowest BCUT2D eigenvalue weighted by molar-refractivity contribution is -0.274. The maximum Gasteiger partial charge on any atom is 0.573 e. The van der Waals surface area contributed by atoms with E-state index in [0.717, 1.165) is 36.6 Å². The molecule has 0 heterocycles. The molecule has 1 aliphatic carbocycles. The molecule has 1 saturated carbocycles. The summed E-state index contributed by atoms with van der Waals surface area (Å²) < 4.78 is 47.2. The maximum absolute atomic E-state index is 13.3. The first-order valence-electron chi connectivity index (χ1n) is 11.7. The van der Waals surface area contributed by atoms with Crippen LogP contribution in [0, 0.1) is 12.8 Å². The van der Waals surface area contributed by atoms with Gasteiger partial charge in [0.25, 0.3) is 5.91 Å². The Morgan fingerprint density at radius 2 is 1.72 bits per heavy atom. The zero-order chi connectivity index (χ0) is 25.9. The number of carbonyl (C=O) groups excluding carboxylic acids is 1. The molecule has 1 atom stereocenters. The number of halogens is 3. The zero-order valence-electron chi connectivity index (χ0n) is 19.6. The van der Waals surface area contributed by atoms with Crippen LogP contribution in [0.5, 0.6) is 11.5 Å². The number of carboxylic acid groups (broad SMARTS) is 1. The molecule has 6 nitrogen and oxygen atoms in total. The topological polar surface area (TPSA) is 84.9 Å². The molecular weight excluding hydrogens is 475 g/mol. The summed E-state index contributed by atoms with van der Waals surface area (Å²) in [6, 6.07) is 13.3. The molecule has 1 fully saturated rings. The molecule has 1 aliphatic rings. The van der Waals surface area contributed by atoms with Gasteiger partial charge in [-0.1, -0.05) is 48.7 Å². The summed E-state index contributed by atoms with van der Waals surface area (Å²) in [5.41, 5.74) is 1.69. The first kappa shape index (κ1) is 25.3. The number of aliphatic carboxylic acids is 1. The Bertz CT molecular complexity index is 1250. The Morgan fingerprint density at radius 1 is 1.06 bits per heavy atom. The van der Waals surface area contributed by atoms with Crippen molar-refractivity contribution < 1.29 is 37.3 Å². The van der Waals surface area contributed by atoms with Crippen molar-refractivity contribution in [2.24, 2.45) is 5.92 Å². The average Bonchev–Trinajstić information content (AvgIpc) is 3.35. The van der Waals surface area contributed by atoms with Crippen LogP contribution >= 0.6 is 0 Å². The number of amides is 1. The van der Waals surface area contributed by atoms with E-state index in [4.69, 9.17) is 4.74 Å². The van der Waals surface area contributed by atoms with Gasteiger partial charge in [0.15, 0.2) is 0 Å². The number of alkyl halides is 3. The van der Waals surface area contributed by atoms with E-state index < -0.39 is 24.3 Å². The standard InChI is InChI=1S/C27H26F3NO5/c1-16-6-9-18-10-13-21(25(32)31-23(26(33)34)19-4-2-3-5-19)24(22(18)14-16)35-15-17-7-11-20(12-8-17)36-27(28,29)30/h6-14,19,23H,2-5,15H2,1H3,(H,31,32)(H,33,34)/t23-/m0/s1. The summed E-state index contributed by atoms with van der Waals surface area (Å²) in [6.45, 7) is 1.88. The van der Waals surface area contributed by atoms with Gasteiger partial charge >= 0.3 is 12.3 Å². The monoisotopic (exact) mass is 501 g/mol. The molecule has 0 radical (unpaired) electrons. The molecule has 3 aromatic carbocycles. The summed E-state index contributed by atoms with van der Waals surface area (Å²) in [6.07, 6.45) is -1.44. The van der Waals surface area contributed by atoms with Gasteiger partial charge in [0.1, 0.15) is 24.1 Å². The maximum atomic E-state index is 13.3. The van der Waals surface area contributed by atoms with E-state index >= 15 is 0 Å². The summed E-state index contributed by atoms with van der Waals surface area (Å²) in [4.78, 5) is 25.2. The molecular formula is C27H26F3NO5. The molecule has 4 rings (SSSR count). The van der Waals surface area contributed by atoms with Crippen molar-refractivity contribution in [2.45, 2.75) is 51.6 Å². The van der Waals surface area contributed by atoms with Crippen LogP contribution in [0.3, 0.4) is 0 Å². The van der Waals surface area contributed by atoms with Gasteiger partial charge in [-0.15, -0.1) is 13.2 Å². The van der Waals surface area contributed by atoms with E-state index in [-0.39, 0.29) is 29.6 Å². The van der Waals surface area contributed by atoms with Crippen molar-refractivity contribution in [1.29, 1.82) is 0 Å². The van der Waals surface area contributed by atoms with E-state index in [9.17, 15) is 27.9 Å². The highest BCUT2D eigenvalue weighted by molar-refractivity contribution is 6.05. The number of carboxylic acids is 1. The van der Waals surface area contributed by atoms with Gasteiger partial charge in [-0.2, -0.15) is 0 Å². The third-order valence-electron chi connectivity index (χ3n) is 6.34. The third-order valence-corrected chi connectivity index (χ3v) is 6.34. The highest BCUT2D eigenvalue weighted by Gasteiger charge is 2.33. The van der Waals surface area contributed by atoms with E-state index in [1.54, 1.807) is 12.1 Å². The van der Waals surface area contributed by atoms with Gasteiger partial charge in [-0.05, 0) is 60.9 Å². The number of fused-ring (bicyclic) bond motifs is 1. The quantitative estimate of drug-likeness (QED) is 0.396. The number of aryl methyl sites for hydroxylation is 1. The van der Waals surface area contributed by atoms with Crippen LogP contribution in [0.15, 0.2) is 54.6 Å². The average molecular weight is 502 g/mol. The smallest absolute Gasteiger partial charge is 0.487 e. The lowest BCUT2D eigenvalue weighted by atomic mass is 9.97. The lowest BCUT2D eigenvalue weighted by Crippen LogP contribution is -2.45. The Labute approximate surface area is 206 Å². The molecule has 9 heteroatoms. The van der Waals surface area contributed by atoms with Crippen molar-refractivity contribution in [3.8, 4) is 11.5 Å². The van der Waals surface area contributed by atoms with Gasteiger partial charge in [0.05, 0.1) is 5.56 Å². The first-order chi connectivity index (χ1) is 17.1. The number of benzene rings is 3. The molecule has 1 amide bonds. The fraction of sp³-hybridized carbons (Fsp3) is 0.333. The minimum absolute atomic E-state index is 0.0232. The summed E-state index contributed by atoms with van der Waals surface area (Å²) in [7, 11) is 0. The predicted octanol–water partition coefficient (Wildman–Crippen LogP) is 6.00. The molecule has 0 unspecified atom stereocenters. The summed E-state index contributed by atoms with van der Waals surface area (Å²) >= 11 is 0. The van der Waals surface area contributed by atoms with Gasteiger partial charge in [-0.3, -0.25) is 4.79 Å². The highest BCUT2D eigenvalue weighted by atomic mass is 19.4.